The summed E-state index contributed by atoms with van der Waals surface area (Å²) >= 11 is 0. The van der Waals surface area contributed by atoms with E-state index in [1.165, 1.54) is 109 Å². The van der Waals surface area contributed by atoms with Crippen LogP contribution >= 0.6 is 7.82 Å². The number of likely N-dealkylation sites (N-methyl/N-ethyl adjacent to an activating group) is 1. The summed E-state index contributed by atoms with van der Waals surface area (Å²) in [5.74, 6) is -0.827. The van der Waals surface area contributed by atoms with Crippen molar-refractivity contribution in [2.45, 2.75) is 206 Å². The Bertz CT molecular complexity index is 1070. The van der Waals surface area contributed by atoms with Gasteiger partial charge < -0.3 is 18.9 Å². The first kappa shape index (κ1) is 55.2. The summed E-state index contributed by atoms with van der Waals surface area (Å²) < 4.78 is 34.3. The number of quaternary nitrogens is 1. The molecule has 2 unspecified atom stereocenters. The number of unbranched alkanes of at least 4 members (excludes halogenated alkanes) is 22. The third-order valence-electron chi connectivity index (χ3n) is 9.93. The molecule has 0 aliphatic rings. The van der Waals surface area contributed by atoms with Crippen LogP contribution in [0.25, 0.3) is 0 Å². The Morgan fingerprint density at radius 2 is 1.00 bits per heavy atom. The highest BCUT2D eigenvalue weighted by Gasteiger charge is 2.27. The lowest BCUT2D eigenvalue weighted by molar-refractivity contribution is -0.870. The maximum atomic E-state index is 12.7. The number of phosphoric acid groups is 1. The summed E-state index contributed by atoms with van der Waals surface area (Å²) in [5.41, 5.74) is 0. The molecule has 0 rings (SSSR count). The third-order valence-corrected chi connectivity index (χ3v) is 10.9. The molecule has 57 heavy (non-hydrogen) atoms. The second-order valence-electron chi connectivity index (χ2n) is 16.8. The van der Waals surface area contributed by atoms with Crippen LogP contribution in [0.4, 0.5) is 0 Å². The van der Waals surface area contributed by atoms with Crippen LogP contribution in [0.5, 0.6) is 0 Å². The summed E-state index contributed by atoms with van der Waals surface area (Å²) in [6.07, 6.45) is 44.9. The maximum Gasteiger partial charge on any atom is 0.472 e. The van der Waals surface area contributed by atoms with Crippen LogP contribution in [-0.4, -0.2) is 74.9 Å². The Labute approximate surface area is 351 Å². The lowest BCUT2D eigenvalue weighted by Crippen LogP contribution is -2.37. The molecule has 334 valence electrons. The molecule has 0 fully saturated rings. The molecule has 0 saturated carbocycles. The van der Waals surface area contributed by atoms with Gasteiger partial charge in [0.15, 0.2) is 6.10 Å². The molecule has 0 heterocycles. The van der Waals surface area contributed by atoms with Crippen molar-refractivity contribution in [2.75, 3.05) is 47.5 Å². The van der Waals surface area contributed by atoms with E-state index < -0.39 is 26.5 Å². The minimum atomic E-state index is -4.38. The molecule has 0 aliphatic heterocycles. The zero-order valence-electron chi connectivity index (χ0n) is 37.6. The molecule has 0 aliphatic carbocycles. The van der Waals surface area contributed by atoms with E-state index in [4.69, 9.17) is 18.5 Å². The summed E-state index contributed by atoms with van der Waals surface area (Å²) in [4.78, 5) is 35.4. The number of hydrogen-bond acceptors (Lipinski definition) is 7. The number of carbonyl (C=O) groups excluding carboxylic acids is 2. The molecule has 0 aromatic carbocycles. The number of allylic oxidation sites excluding steroid dienone is 6. The Balaban J connectivity index is 4.27. The van der Waals surface area contributed by atoms with Crippen molar-refractivity contribution in [1.29, 1.82) is 0 Å². The number of carbonyl (C=O) groups is 2. The zero-order valence-corrected chi connectivity index (χ0v) is 38.5. The molecular weight excluding hydrogens is 737 g/mol. The average molecular weight is 827 g/mol. The number of ether oxygens (including phenoxy) is 2. The average Bonchev–Trinajstić information content (AvgIpc) is 3.16. The molecule has 0 radical (unpaired) electrons. The number of esters is 2. The predicted octanol–water partition coefficient (Wildman–Crippen LogP) is 13.3. The van der Waals surface area contributed by atoms with Crippen molar-refractivity contribution in [3.8, 4) is 0 Å². The lowest BCUT2D eigenvalue weighted by atomic mass is 10.0. The van der Waals surface area contributed by atoms with Gasteiger partial charge in [-0.2, -0.15) is 0 Å². The minimum Gasteiger partial charge on any atom is -0.462 e. The largest absolute Gasteiger partial charge is 0.472 e. The van der Waals surface area contributed by atoms with Gasteiger partial charge in [0.25, 0.3) is 0 Å². The van der Waals surface area contributed by atoms with E-state index in [-0.39, 0.29) is 32.0 Å². The van der Waals surface area contributed by atoms with Gasteiger partial charge in [-0.25, -0.2) is 4.57 Å². The standard InChI is InChI=1S/C47H88NO8P/c1-6-8-10-12-14-16-18-20-21-22-23-24-25-26-28-29-31-33-35-37-39-46(49)53-43-45(44-55-57(51,52)54-42-41-48(3,4)5)56-47(50)40-38-36-34-32-30-27-19-17-15-13-11-9-7-2/h9,11,15,17,27,30,45H,6-8,10,12-14,16,18-26,28-29,31-44H2,1-5H3/p+1/b11-9-,17-15-,30-27-. The fourth-order valence-corrected chi connectivity index (χ4v) is 7.06. The van der Waals surface area contributed by atoms with Crippen molar-refractivity contribution in [3.63, 3.8) is 0 Å². The molecule has 0 saturated heterocycles. The van der Waals surface area contributed by atoms with Crippen LogP contribution in [-0.2, 0) is 32.7 Å². The van der Waals surface area contributed by atoms with E-state index in [9.17, 15) is 19.0 Å². The van der Waals surface area contributed by atoms with Crippen molar-refractivity contribution < 1.29 is 42.1 Å². The van der Waals surface area contributed by atoms with Crippen LogP contribution in [0.15, 0.2) is 36.5 Å². The van der Waals surface area contributed by atoms with Crippen molar-refractivity contribution in [3.05, 3.63) is 36.5 Å². The van der Waals surface area contributed by atoms with Crippen LogP contribution < -0.4 is 0 Å². The maximum absolute atomic E-state index is 12.7. The summed E-state index contributed by atoms with van der Waals surface area (Å²) in [6.45, 7) is 4.29. The Morgan fingerprint density at radius 1 is 0.561 bits per heavy atom. The van der Waals surface area contributed by atoms with Crippen LogP contribution in [0.2, 0.25) is 0 Å². The number of nitrogens with zero attached hydrogens (tertiary/aromatic N) is 1. The first-order valence-corrected chi connectivity index (χ1v) is 24.7. The van der Waals surface area contributed by atoms with E-state index in [1.54, 1.807) is 0 Å². The van der Waals surface area contributed by atoms with Gasteiger partial charge in [0.1, 0.15) is 19.8 Å². The highest BCUT2D eigenvalue weighted by Crippen LogP contribution is 2.43. The summed E-state index contributed by atoms with van der Waals surface area (Å²) in [6, 6.07) is 0. The molecule has 2 atom stereocenters. The van der Waals surface area contributed by atoms with Gasteiger partial charge in [-0.15, -0.1) is 0 Å². The van der Waals surface area contributed by atoms with Crippen molar-refractivity contribution >= 4 is 19.8 Å². The first-order valence-electron chi connectivity index (χ1n) is 23.2. The highest BCUT2D eigenvalue weighted by molar-refractivity contribution is 7.47. The van der Waals surface area contributed by atoms with Gasteiger partial charge in [-0.3, -0.25) is 18.6 Å². The molecule has 0 spiro atoms. The minimum absolute atomic E-state index is 0.0265. The van der Waals surface area contributed by atoms with Crippen LogP contribution in [0, 0.1) is 0 Å². The third kappa shape index (κ3) is 43.6. The topological polar surface area (TPSA) is 108 Å². The number of hydrogen-bond donors (Lipinski definition) is 1. The molecule has 9 nitrogen and oxygen atoms in total. The smallest absolute Gasteiger partial charge is 0.462 e. The van der Waals surface area contributed by atoms with E-state index in [0.717, 1.165) is 57.8 Å². The molecule has 0 aromatic rings. The second-order valence-corrected chi connectivity index (χ2v) is 18.2. The monoisotopic (exact) mass is 827 g/mol. The van der Waals surface area contributed by atoms with E-state index >= 15 is 0 Å². The molecule has 0 aromatic heterocycles. The van der Waals surface area contributed by atoms with E-state index in [0.29, 0.717) is 17.4 Å². The number of phosphoric ester groups is 1. The van der Waals surface area contributed by atoms with Gasteiger partial charge in [0.05, 0.1) is 27.7 Å². The van der Waals surface area contributed by atoms with Crippen molar-refractivity contribution in [2.24, 2.45) is 0 Å². The highest BCUT2D eigenvalue weighted by atomic mass is 31.2. The lowest BCUT2D eigenvalue weighted by Gasteiger charge is -2.24. The van der Waals surface area contributed by atoms with E-state index in [2.05, 4.69) is 50.3 Å². The van der Waals surface area contributed by atoms with Gasteiger partial charge in [-0.1, -0.05) is 179 Å². The van der Waals surface area contributed by atoms with Gasteiger partial charge in [0.2, 0.25) is 0 Å². The zero-order chi connectivity index (χ0) is 42.1. The van der Waals surface area contributed by atoms with E-state index in [1.807, 2.05) is 21.1 Å². The molecular formula is C47H89NO8P+. The fraction of sp³-hybridized carbons (Fsp3) is 0.830. The first-order chi connectivity index (χ1) is 27.5. The SMILES string of the molecule is CC/C=C\C/C=C\C/C=C\CCCCCC(=O)OC(COC(=O)CCCCCCCCCCCCCCCCCCCCCC)COP(=O)(O)OCC[N+](C)(C)C. The second kappa shape index (κ2) is 39.7. The van der Waals surface area contributed by atoms with Gasteiger partial charge in [-0.05, 0) is 44.9 Å². The van der Waals surface area contributed by atoms with Gasteiger partial charge in [0, 0.05) is 12.8 Å². The predicted molar refractivity (Wildman–Crippen MR) is 238 cm³/mol. The molecule has 1 N–H and O–H groups in total. The molecule has 10 heteroatoms. The Morgan fingerprint density at radius 3 is 1.49 bits per heavy atom. The Kier molecular flexibility index (Phi) is 38.4. The normalized spacial score (nSPS) is 13.9. The summed E-state index contributed by atoms with van der Waals surface area (Å²) in [5, 5.41) is 0. The van der Waals surface area contributed by atoms with Gasteiger partial charge >= 0.3 is 19.8 Å². The van der Waals surface area contributed by atoms with Crippen molar-refractivity contribution in [1.82, 2.24) is 0 Å². The quantitative estimate of drug-likeness (QED) is 0.0213. The van der Waals surface area contributed by atoms with Crippen LogP contribution in [0.1, 0.15) is 200 Å². The molecule has 0 bridgehead atoms. The summed E-state index contributed by atoms with van der Waals surface area (Å²) in [7, 11) is 1.46. The fourth-order valence-electron chi connectivity index (χ4n) is 6.32. The molecule has 0 amide bonds. The van der Waals surface area contributed by atoms with Crippen LogP contribution in [0.3, 0.4) is 0 Å². The number of rotatable bonds is 42. The Hall–Kier alpha value is -1.77.